The lowest BCUT2D eigenvalue weighted by Crippen LogP contribution is -2.39. The average molecular weight is 377 g/mol. The quantitative estimate of drug-likeness (QED) is 0.803. The van der Waals surface area contributed by atoms with E-state index in [4.69, 9.17) is 0 Å². The topological polar surface area (TPSA) is 40.6 Å². The van der Waals surface area contributed by atoms with Crippen LogP contribution in [0, 0.1) is 6.92 Å². The van der Waals surface area contributed by atoms with Gasteiger partial charge in [-0.2, -0.15) is 0 Å². The molecule has 1 unspecified atom stereocenters. The Morgan fingerprint density at radius 3 is 2.25 bits per heavy atom. The highest BCUT2D eigenvalue weighted by Crippen LogP contribution is 2.29. The Hall–Kier alpha value is -2.62. The molecular formula is C24H28N2O2. The molecule has 0 spiro atoms. The largest absolute Gasteiger partial charge is 0.339 e. The molecule has 2 aliphatic rings. The van der Waals surface area contributed by atoms with Crippen molar-refractivity contribution in [3.8, 4) is 0 Å². The van der Waals surface area contributed by atoms with Gasteiger partial charge in [0.15, 0.2) is 0 Å². The monoisotopic (exact) mass is 376 g/mol. The second-order valence-electron chi connectivity index (χ2n) is 8.08. The van der Waals surface area contributed by atoms with Crippen LogP contribution in [-0.2, 0) is 0 Å². The number of hydrogen-bond donors (Lipinski definition) is 0. The van der Waals surface area contributed by atoms with Crippen molar-refractivity contribution < 1.29 is 9.59 Å². The minimum atomic E-state index is 0.106. The van der Waals surface area contributed by atoms with Crippen molar-refractivity contribution in [2.75, 3.05) is 26.2 Å². The third-order valence-corrected chi connectivity index (χ3v) is 6.01. The normalized spacial score (nSPS) is 19.7. The highest BCUT2D eigenvalue weighted by atomic mass is 16.2. The molecule has 4 heteroatoms. The fourth-order valence-electron chi connectivity index (χ4n) is 4.34. The number of carbonyl (C=O) groups excluding carboxylic acids is 2. The number of carbonyl (C=O) groups is 2. The van der Waals surface area contributed by atoms with Gasteiger partial charge < -0.3 is 9.80 Å². The number of rotatable bonds is 3. The van der Waals surface area contributed by atoms with Crippen LogP contribution in [0.3, 0.4) is 0 Å². The molecule has 4 rings (SSSR count). The lowest BCUT2D eigenvalue weighted by atomic mass is 9.89. The van der Waals surface area contributed by atoms with Crippen LogP contribution in [0.15, 0.2) is 48.5 Å². The molecule has 4 nitrogen and oxygen atoms in total. The van der Waals surface area contributed by atoms with E-state index in [-0.39, 0.29) is 17.7 Å². The van der Waals surface area contributed by atoms with Crippen molar-refractivity contribution in [1.29, 1.82) is 0 Å². The van der Waals surface area contributed by atoms with Crippen LogP contribution in [-0.4, -0.2) is 47.8 Å². The van der Waals surface area contributed by atoms with Gasteiger partial charge in [-0.1, -0.05) is 29.8 Å². The van der Waals surface area contributed by atoms with E-state index in [1.165, 1.54) is 5.56 Å². The van der Waals surface area contributed by atoms with Gasteiger partial charge >= 0.3 is 0 Å². The number of piperidine rings is 1. The maximum absolute atomic E-state index is 12.9. The van der Waals surface area contributed by atoms with E-state index in [0.717, 1.165) is 62.0 Å². The molecule has 146 valence electrons. The van der Waals surface area contributed by atoms with Crippen molar-refractivity contribution in [1.82, 2.24) is 9.80 Å². The molecule has 0 bridgehead atoms. The predicted molar refractivity (Wildman–Crippen MR) is 111 cm³/mol. The van der Waals surface area contributed by atoms with Crippen LogP contribution in [0.5, 0.6) is 0 Å². The van der Waals surface area contributed by atoms with Crippen molar-refractivity contribution in [2.45, 2.75) is 38.5 Å². The fourth-order valence-corrected chi connectivity index (χ4v) is 4.34. The summed E-state index contributed by atoms with van der Waals surface area (Å²) in [4.78, 5) is 29.5. The molecule has 0 saturated carbocycles. The first-order chi connectivity index (χ1) is 13.6. The van der Waals surface area contributed by atoms with E-state index in [0.29, 0.717) is 6.54 Å². The highest BCUT2D eigenvalue weighted by Gasteiger charge is 2.26. The Bertz CT molecular complexity index is 853. The lowest BCUT2D eigenvalue weighted by Gasteiger charge is -2.33. The van der Waals surface area contributed by atoms with Crippen molar-refractivity contribution in [3.05, 3.63) is 70.8 Å². The summed E-state index contributed by atoms with van der Waals surface area (Å²) in [7, 11) is 0. The first kappa shape index (κ1) is 18.7. The minimum Gasteiger partial charge on any atom is -0.339 e. The van der Waals surface area contributed by atoms with Gasteiger partial charge in [0.25, 0.3) is 11.8 Å². The van der Waals surface area contributed by atoms with E-state index >= 15 is 0 Å². The van der Waals surface area contributed by atoms with Crippen LogP contribution < -0.4 is 0 Å². The summed E-state index contributed by atoms with van der Waals surface area (Å²) in [6, 6.07) is 15.9. The van der Waals surface area contributed by atoms with Crippen LogP contribution >= 0.6 is 0 Å². The Morgan fingerprint density at radius 2 is 1.50 bits per heavy atom. The van der Waals surface area contributed by atoms with Crippen LogP contribution in [0.1, 0.15) is 63.4 Å². The first-order valence-electron chi connectivity index (χ1n) is 10.4. The average Bonchev–Trinajstić information content (AvgIpc) is 3.28. The maximum atomic E-state index is 12.9. The van der Waals surface area contributed by atoms with Crippen LogP contribution in [0.4, 0.5) is 0 Å². The minimum absolute atomic E-state index is 0.106. The van der Waals surface area contributed by atoms with Gasteiger partial charge in [0, 0.05) is 43.2 Å². The zero-order chi connectivity index (χ0) is 19.5. The molecule has 0 aliphatic carbocycles. The fraction of sp³-hybridized carbons (Fsp3) is 0.417. The van der Waals surface area contributed by atoms with Gasteiger partial charge in [-0.3, -0.25) is 9.59 Å². The summed E-state index contributed by atoms with van der Waals surface area (Å²) in [6.07, 6.45) is 4.25. The van der Waals surface area contributed by atoms with E-state index in [9.17, 15) is 9.59 Å². The summed E-state index contributed by atoms with van der Waals surface area (Å²) < 4.78 is 0. The Morgan fingerprint density at radius 1 is 0.821 bits per heavy atom. The molecule has 2 heterocycles. The SMILES string of the molecule is Cc1ccc(C(=O)N2CCCC(c3cccc(C(=O)N4CCCC4)c3)C2)cc1. The second kappa shape index (κ2) is 8.17. The third kappa shape index (κ3) is 3.96. The Labute approximate surface area is 167 Å². The summed E-state index contributed by atoms with van der Waals surface area (Å²) >= 11 is 0. The number of hydrogen-bond acceptors (Lipinski definition) is 2. The third-order valence-electron chi connectivity index (χ3n) is 6.01. The maximum Gasteiger partial charge on any atom is 0.253 e. The number of nitrogens with zero attached hydrogens (tertiary/aromatic N) is 2. The van der Waals surface area contributed by atoms with Gasteiger partial charge in [0.05, 0.1) is 0 Å². The second-order valence-corrected chi connectivity index (χ2v) is 8.08. The molecule has 2 fully saturated rings. The van der Waals surface area contributed by atoms with Gasteiger partial charge in [0.1, 0.15) is 0 Å². The van der Waals surface area contributed by atoms with E-state index in [1.807, 2.05) is 59.2 Å². The van der Waals surface area contributed by atoms with Crippen molar-refractivity contribution >= 4 is 11.8 Å². The van der Waals surface area contributed by atoms with Gasteiger partial charge in [-0.25, -0.2) is 0 Å². The standard InChI is InChI=1S/C24H28N2O2/c1-18-9-11-19(12-10-18)23(27)26-15-5-8-22(17-26)20-6-4-7-21(16-20)24(28)25-13-2-3-14-25/h4,6-7,9-12,16,22H,2-3,5,8,13-15,17H2,1H3. The highest BCUT2D eigenvalue weighted by molar-refractivity contribution is 5.95. The van der Waals surface area contributed by atoms with E-state index < -0.39 is 0 Å². The zero-order valence-corrected chi connectivity index (χ0v) is 16.6. The first-order valence-corrected chi connectivity index (χ1v) is 10.4. The molecule has 0 aromatic heterocycles. The van der Waals surface area contributed by atoms with Crippen LogP contribution in [0.2, 0.25) is 0 Å². The van der Waals surface area contributed by atoms with E-state index in [2.05, 4.69) is 6.07 Å². The molecule has 2 aliphatic heterocycles. The molecule has 1 atom stereocenters. The molecule has 0 N–H and O–H groups in total. The summed E-state index contributed by atoms with van der Waals surface area (Å²) in [5.41, 5.74) is 3.87. The van der Waals surface area contributed by atoms with Gasteiger partial charge in [0.2, 0.25) is 0 Å². The smallest absolute Gasteiger partial charge is 0.253 e. The number of likely N-dealkylation sites (tertiary alicyclic amines) is 2. The molecule has 2 aromatic rings. The number of benzene rings is 2. The summed E-state index contributed by atoms with van der Waals surface area (Å²) in [5.74, 6) is 0.534. The Kier molecular flexibility index (Phi) is 5.47. The van der Waals surface area contributed by atoms with Gasteiger partial charge in [-0.15, -0.1) is 0 Å². The molecule has 2 saturated heterocycles. The number of amides is 2. The zero-order valence-electron chi connectivity index (χ0n) is 16.6. The Balaban J connectivity index is 1.48. The van der Waals surface area contributed by atoms with Crippen molar-refractivity contribution in [2.24, 2.45) is 0 Å². The lowest BCUT2D eigenvalue weighted by molar-refractivity contribution is 0.0705. The van der Waals surface area contributed by atoms with Crippen LogP contribution in [0.25, 0.3) is 0 Å². The van der Waals surface area contributed by atoms with Gasteiger partial charge in [-0.05, 0) is 62.4 Å². The molecule has 0 radical (unpaired) electrons. The molecule has 2 amide bonds. The number of aryl methyl sites for hydroxylation is 1. The summed E-state index contributed by atoms with van der Waals surface area (Å²) in [5, 5.41) is 0. The molecule has 28 heavy (non-hydrogen) atoms. The summed E-state index contributed by atoms with van der Waals surface area (Å²) in [6.45, 7) is 5.28. The molecular weight excluding hydrogens is 348 g/mol. The van der Waals surface area contributed by atoms with E-state index in [1.54, 1.807) is 0 Å². The predicted octanol–water partition coefficient (Wildman–Crippen LogP) is 4.25. The van der Waals surface area contributed by atoms with Crippen molar-refractivity contribution in [3.63, 3.8) is 0 Å². The molecule has 2 aromatic carbocycles.